The van der Waals surface area contributed by atoms with Crippen LogP contribution in [0.1, 0.15) is 80.3 Å². The summed E-state index contributed by atoms with van der Waals surface area (Å²) < 4.78 is 11.9. The molecule has 0 fully saturated rings. The summed E-state index contributed by atoms with van der Waals surface area (Å²) in [6, 6.07) is 36.7. The lowest BCUT2D eigenvalue weighted by molar-refractivity contribution is 0.296. The van der Waals surface area contributed by atoms with Crippen LogP contribution in [0.2, 0.25) is 0 Å². The first kappa shape index (κ1) is 32.0. The number of benzene rings is 4. The molecule has 1 atom stereocenters. The van der Waals surface area contributed by atoms with E-state index in [1.54, 1.807) is 0 Å². The quantitative estimate of drug-likeness (QED) is 0.194. The van der Waals surface area contributed by atoms with Crippen LogP contribution < -0.4 is 9.47 Å². The van der Waals surface area contributed by atoms with E-state index in [1.807, 2.05) is 78.9 Å². The molecule has 0 aromatic heterocycles. The van der Waals surface area contributed by atoms with E-state index >= 15 is 0 Å². The number of nitriles is 2. The Bertz CT molecular complexity index is 1490. The lowest BCUT2D eigenvalue weighted by Gasteiger charge is -2.23. The van der Waals surface area contributed by atoms with E-state index in [1.165, 1.54) is 11.1 Å². The molecule has 4 aromatic rings. The summed E-state index contributed by atoms with van der Waals surface area (Å²) in [4.78, 5) is 0. The predicted octanol–water partition coefficient (Wildman–Crippen LogP) is 9.47. The number of para-hydroxylation sites is 1. The van der Waals surface area contributed by atoms with Crippen molar-refractivity contribution in [2.24, 2.45) is 0 Å². The summed E-state index contributed by atoms with van der Waals surface area (Å²) in [6.07, 6.45) is 1.98. The molecule has 0 saturated heterocycles. The molecule has 0 saturated carbocycles. The predicted molar refractivity (Wildman–Crippen MR) is 170 cm³/mol. The van der Waals surface area contributed by atoms with Gasteiger partial charge in [0.1, 0.15) is 24.7 Å². The van der Waals surface area contributed by atoms with Crippen LogP contribution in [0.4, 0.5) is 0 Å². The highest BCUT2D eigenvalue weighted by Crippen LogP contribution is 2.31. The van der Waals surface area contributed by atoms with Gasteiger partial charge in [0.15, 0.2) is 0 Å². The van der Waals surface area contributed by atoms with Crippen molar-refractivity contribution in [2.75, 3.05) is 0 Å². The van der Waals surface area contributed by atoms with Gasteiger partial charge in [-0.05, 0) is 69.3 Å². The largest absolute Gasteiger partial charge is 0.489 e. The van der Waals surface area contributed by atoms with Gasteiger partial charge < -0.3 is 9.47 Å². The summed E-state index contributed by atoms with van der Waals surface area (Å²) in [5.74, 6) is 2.36. The average molecular weight is 559 g/mol. The molecular formula is C38H42N2O2. The highest BCUT2D eigenvalue weighted by molar-refractivity contribution is 5.39. The maximum Gasteiger partial charge on any atom is 0.123 e. The Morgan fingerprint density at radius 3 is 1.62 bits per heavy atom. The molecule has 0 heterocycles. The van der Waals surface area contributed by atoms with Crippen molar-refractivity contribution < 1.29 is 9.47 Å². The Morgan fingerprint density at radius 1 is 0.643 bits per heavy atom. The molecule has 1 unspecified atom stereocenters. The second kappa shape index (κ2) is 16.0. The Hall–Kier alpha value is -4.54. The van der Waals surface area contributed by atoms with Gasteiger partial charge in [-0.1, -0.05) is 113 Å². The highest BCUT2D eigenvalue weighted by Gasteiger charge is 2.18. The second-order valence-electron chi connectivity index (χ2n) is 11.4. The zero-order valence-electron chi connectivity index (χ0n) is 25.6. The average Bonchev–Trinajstić information content (AvgIpc) is 3.00. The molecule has 0 radical (unpaired) electrons. The molecule has 4 aromatic carbocycles. The molecule has 4 heteroatoms. The highest BCUT2D eigenvalue weighted by atomic mass is 16.5. The summed E-state index contributed by atoms with van der Waals surface area (Å²) in [5, 5.41) is 17.7. The number of nitrogens with zero attached hydrogens (tertiary/aromatic N) is 2. The summed E-state index contributed by atoms with van der Waals surface area (Å²) >= 11 is 0. The Kier molecular flexibility index (Phi) is 12.2. The maximum absolute atomic E-state index is 8.89. The third kappa shape index (κ3) is 9.53. The lowest BCUT2D eigenvalue weighted by atomic mass is 9.86. The van der Waals surface area contributed by atoms with E-state index in [4.69, 9.17) is 20.0 Å². The Labute approximate surface area is 252 Å². The van der Waals surface area contributed by atoms with Crippen LogP contribution in [0.3, 0.4) is 0 Å². The molecular weight excluding hydrogens is 516 g/mol. The minimum absolute atomic E-state index is 0.0444. The summed E-state index contributed by atoms with van der Waals surface area (Å²) in [7, 11) is 0. The van der Waals surface area contributed by atoms with Crippen LogP contribution in [-0.2, 0) is 31.5 Å². The fourth-order valence-electron chi connectivity index (χ4n) is 4.57. The molecule has 0 amide bonds. The van der Waals surface area contributed by atoms with Crippen molar-refractivity contribution in [2.45, 2.75) is 78.4 Å². The molecule has 0 aliphatic heterocycles. The Balaban J connectivity index is 0.000000230. The zero-order chi connectivity index (χ0) is 30.4. The lowest BCUT2D eigenvalue weighted by Crippen LogP contribution is -2.13. The van der Waals surface area contributed by atoms with Crippen molar-refractivity contribution in [1.29, 1.82) is 10.5 Å². The van der Waals surface area contributed by atoms with Gasteiger partial charge in [-0.2, -0.15) is 10.5 Å². The smallest absolute Gasteiger partial charge is 0.123 e. The van der Waals surface area contributed by atoms with Gasteiger partial charge in [0, 0.05) is 0 Å². The first-order chi connectivity index (χ1) is 20.3. The number of hydrogen-bond donors (Lipinski definition) is 0. The standard InChI is InChI=1S/2C19H21NO/c1-19(2,3)17-10-6-7-11-18(17)21-14-16-9-5-4-8-15(16)12-13-20;1-3-15(2)16-8-10-19(11-9-16)21-14-18-7-5-4-6-17(18)12-13-20/h4-11H,12,14H2,1-3H3;4-11,15H,3,12,14H2,1-2H3. The van der Waals surface area contributed by atoms with Crippen molar-refractivity contribution in [3.05, 3.63) is 130 Å². The van der Waals surface area contributed by atoms with Crippen LogP contribution in [-0.4, -0.2) is 0 Å². The van der Waals surface area contributed by atoms with Crippen molar-refractivity contribution in [3.8, 4) is 23.6 Å². The minimum atomic E-state index is 0.0444. The van der Waals surface area contributed by atoms with Gasteiger partial charge in [0.25, 0.3) is 0 Å². The zero-order valence-corrected chi connectivity index (χ0v) is 25.6. The molecule has 4 rings (SSSR count). The maximum atomic E-state index is 8.89. The molecule has 0 bridgehead atoms. The summed E-state index contributed by atoms with van der Waals surface area (Å²) in [5.41, 5.74) is 6.80. The van der Waals surface area contributed by atoms with E-state index in [0.717, 1.165) is 40.2 Å². The molecule has 4 nitrogen and oxygen atoms in total. The van der Waals surface area contributed by atoms with E-state index in [9.17, 15) is 0 Å². The number of rotatable bonds is 10. The third-order valence-electron chi connectivity index (χ3n) is 7.31. The molecule has 216 valence electrons. The molecule has 42 heavy (non-hydrogen) atoms. The monoisotopic (exact) mass is 558 g/mol. The Morgan fingerprint density at radius 2 is 1.12 bits per heavy atom. The first-order valence-corrected chi connectivity index (χ1v) is 14.6. The van der Waals surface area contributed by atoms with E-state index in [-0.39, 0.29) is 5.41 Å². The minimum Gasteiger partial charge on any atom is -0.489 e. The molecule has 0 aliphatic carbocycles. The van der Waals surface area contributed by atoms with Gasteiger partial charge in [-0.15, -0.1) is 0 Å². The van der Waals surface area contributed by atoms with Crippen LogP contribution in [0.25, 0.3) is 0 Å². The topological polar surface area (TPSA) is 66.0 Å². The SMILES string of the molecule is CC(C)(C)c1ccccc1OCc1ccccc1CC#N.CCC(C)c1ccc(OCc2ccccc2CC#N)cc1. The van der Waals surface area contributed by atoms with Crippen LogP contribution >= 0.6 is 0 Å². The fourth-order valence-corrected chi connectivity index (χ4v) is 4.57. The van der Waals surface area contributed by atoms with Gasteiger partial charge in [0.2, 0.25) is 0 Å². The number of hydrogen-bond acceptors (Lipinski definition) is 4. The second-order valence-corrected chi connectivity index (χ2v) is 11.4. The van der Waals surface area contributed by atoms with Gasteiger partial charge in [-0.3, -0.25) is 0 Å². The molecule has 0 aliphatic rings. The van der Waals surface area contributed by atoms with Gasteiger partial charge in [-0.25, -0.2) is 0 Å². The molecule has 0 N–H and O–H groups in total. The first-order valence-electron chi connectivity index (χ1n) is 14.6. The summed E-state index contributed by atoms with van der Waals surface area (Å²) in [6.45, 7) is 12.0. The van der Waals surface area contributed by atoms with E-state index in [2.05, 4.69) is 65.0 Å². The van der Waals surface area contributed by atoms with Gasteiger partial charge in [0.05, 0.1) is 25.0 Å². The van der Waals surface area contributed by atoms with Crippen molar-refractivity contribution >= 4 is 0 Å². The third-order valence-corrected chi connectivity index (χ3v) is 7.31. The van der Waals surface area contributed by atoms with Crippen molar-refractivity contribution in [3.63, 3.8) is 0 Å². The van der Waals surface area contributed by atoms with Crippen LogP contribution in [0.15, 0.2) is 97.1 Å². The number of ether oxygens (including phenoxy) is 2. The van der Waals surface area contributed by atoms with Crippen LogP contribution in [0.5, 0.6) is 11.5 Å². The van der Waals surface area contributed by atoms with Gasteiger partial charge >= 0.3 is 0 Å². The van der Waals surface area contributed by atoms with E-state index in [0.29, 0.717) is 32.0 Å². The van der Waals surface area contributed by atoms with Crippen LogP contribution in [0, 0.1) is 22.7 Å². The van der Waals surface area contributed by atoms with Crippen molar-refractivity contribution in [1.82, 2.24) is 0 Å². The molecule has 0 spiro atoms. The van der Waals surface area contributed by atoms with E-state index < -0.39 is 0 Å². The normalized spacial score (nSPS) is 11.3. The fraction of sp³-hybridized carbons (Fsp3) is 0.316.